The van der Waals surface area contributed by atoms with Crippen molar-refractivity contribution in [3.63, 3.8) is 0 Å². The summed E-state index contributed by atoms with van der Waals surface area (Å²) in [4.78, 5) is 5.83. The second kappa shape index (κ2) is 14.7. The normalized spacial score (nSPS) is 12.2. The average molecular weight is 592 g/mol. The van der Waals surface area contributed by atoms with Crippen LogP contribution in [0.2, 0.25) is 0 Å². The Morgan fingerprint density at radius 3 is 2.31 bits per heavy atom. The van der Waals surface area contributed by atoms with Crippen molar-refractivity contribution in [3.05, 3.63) is 161 Å². The van der Waals surface area contributed by atoms with Gasteiger partial charge in [0, 0.05) is 57.8 Å². The Morgan fingerprint density at radius 2 is 1.60 bits per heavy atom. The Morgan fingerprint density at radius 1 is 0.867 bits per heavy atom. The van der Waals surface area contributed by atoms with Crippen LogP contribution in [-0.2, 0) is 12.8 Å². The van der Waals surface area contributed by atoms with Gasteiger partial charge in [-0.15, -0.1) is 0 Å². The van der Waals surface area contributed by atoms with Crippen molar-refractivity contribution in [2.45, 2.75) is 53.0 Å². The summed E-state index contributed by atoms with van der Waals surface area (Å²) >= 11 is 0. The lowest BCUT2D eigenvalue weighted by Crippen LogP contribution is -2.30. The van der Waals surface area contributed by atoms with E-state index >= 15 is 0 Å². The van der Waals surface area contributed by atoms with E-state index < -0.39 is 0 Å². The Bertz CT molecular complexity index is 1820. The zero-order chi connectivity index (χ0) is 31.8. The highest BCUT2D eigenvalue weighted by Crippen LogP contribution is 2.35. The smallest absolute Gasteiger partial charge is 0.0560 e. The molecule has 2 N–H and O–H groups in total. The molecule has 0 bridgehead atoms. The largest absolute Gasteiger partial charge is 0.388 e. The number of rotatable bonds is 12. The Labute approximate surface area is 269 Å². The van der Waals surface area contributed by atoms with Gasteiger partial charge < -0.3 is 15.2 Å². The third kappa shape index (κ3) is 7.97. The first-order valence-corrected chi connectivity index (χ1v) is 16.0. The molecule has 3 heteroatoms. The van der Waals surface area contributed by atoms with Crippen LogP contribution in [0, 0.1) is 24.7 Å². The van der Waals surface area contributed by atoms with Gasteiger partial charge >= 0.3 is 0 Å². The molecule has 0 fully saturated rings. The Kier molecular flexibility index (Phi) is 10.3. The van der Waals surface area contributed by atoms with Gasteiger partial charge in [-0.05, 0) is 97.8 Å². The molecule has 2 unspecified atom stereocenters. The molecular formula is C42H45N3. The lowest BCUT2D eigenvalue weighted by Gasteiger charge is -2.36. The van der Waals surface area contributed by atoms with Crippen LogP contribution in [-0.4, -0.2) is 11.5 Å². The molecule has 0 aliphatic heterocycles. The third-order valence-electron chi connectivity index (χ3n) is 8.63. The molecule has 0 amide bonds. The molecule has 5 aromatic rings. The number of aromatic amines is 1. The highest BCUT2D eigenvalue weighted by atomic mass is 15.2. The summed E-state index contributed by atoms with van der Waals surface area (Å²) in [7, 11) is 0. The molecule has 1 aromatic heterocycles. The maximum Gasteiger partial charge on any atom is 0.0560 e. The summed E-state index contributed by atoms with van der Waals surface area (Å²) in [5, 5.41) is 4.90. The first kappa shape index (κ1) is 31.5. The number of aromatic nitrogens is 1. The van der Waals surface area contributed by atoms with Crippen LogP contribution in [0.15, 0.2) is 128 Å². The summed E-state index contributed by atoms with van der Waals surface area (Å²) in [5.74, 6) is 6.76. The molecule has 4 aromatic carbocycles. The highest BCUT2D eigenvalue weighted by Gasteiger charge is 2.23. The van der Waals surface area contributed by atoms with E-state index in [9.17, 15) is 0 Å². The summed E-state index contributed by atoms with van der Waals surface area (Å²) in [5.41, 5.74) is 11.6. The van der Waals surface area contributed by atoms with Gasteiger partial charge in [0.2, 0.25) is 0 Å². The van der Waals surface area contributed by atoms with Crippen LogP contribution in [0.5, 0.6) is 0 Å². The lowest BCUT2D eigenvalue weighted by atomic mass is 9.97. The van der Waals surface area contributed by atoms with Gasteiger partial charge in [0.05, 0.1) is 6.04 Å². The predicted octanol–water partition coefficient (Wildman–Crippen LogP) is 9.89. The van der Waals surface area contributed by atoms with Crippen LogP contribution in [0.1, 0.15) is 66.6 Å². The molecule has 228 valence electrons. The second-order valence-corrected chi connectivity index (χ2v) is 12.0. The fourth-order valence-corrected chi connectivity index (χ4v) is 5.91. The molecule has 2 atom stereocenters. The quantitative estimate of drug-likeness (QED) is 0.142. The van der Waals surface area contributed by atoms with Gasteiger partial charge in [-0.2, -0.15) is 0 Å². The number of nitrogens with one attached hydrogen (secondary N) is 2. The maximum absolute atomic E-state index is 4.64. The molecule has 0 aliphatic rings. The van der Waals surface area contributed by atoms with Crippen molar-refractivity contribution < 1.29 is 0 Å². The van der Waals surface area contributed by atoms with Crippen LogP contribution in [0.4, 0.5) is 5.69 Å². The number of allylic oxidation sites excluding steroid dienone is 2. The van der Waals surface area contributed by atoms with E-state index in [2.05, 4.69) is 141 Å². The van der Waals surface area contributed by atoms with Crippen molar-refractivity contribution >= 4 is 16.6 Å². The SMILES string of the molecule is C=C(CC(C)C(=C)N(c1cccc(C)c1)C(C)c1ccc(C#Cc2ccccc2)cc1)NCCc1c[nH]c2cc(CC)ccc12. The number of fused-ring (bicyclic) bond motifs is 1. The van der Waals surface area contributed by atoms with E-state index in [1.54, 1.807) is 0 Å². The molecule has 0 spiro atoms. The van der Waals surface area contributed by atoms with Crippen molar-refractivity contribution in [1.29, 1.82) is 0 Å². The number of benzene rings is 4. The fourth-order valence-electron chi connectivity index (χ4n) is 5.91. The third-order valence-corrected chi connectivity index (χ3v) is 8.63. The van der Waals surface area contributed by atoms with Gasteiger partial charge in [0.15, 0.2) is 0 Å². The summed E-state index contributed by atoms with van der Waals surface area (Å²) in [6.07, 6.45) is 4.95. The Hall–Kier alpha value is -4.94. The van der Waals surface area contributed by atoms with Gasteiger partial charge in [-0.25, -0.2) is 0 Å². The monoisotopic (exact) mass is 591 g/mol. The van der Waals surface area contributed by atoms with Gasteiger partial charge in [-0.1, -0.05) is 93.4 Å². The van der Waals surface area contributed by atoms with E-state index in [-0.39, 0.29) is 12.0 Å². The molecule has 1 heterocycles. The molecule has 5 rings (SSSR count). The highest BCUT2D eigenvalue weighted by molar-refractivity contribution is 5.83. The van der Waals surface area contributed by atoms with E-state index in [1.165, 1.54) is 33.2 Å². The fraction of sp³-hybridized carbons (Fsp3) is 0.238. The minimum atomic E-state index is 0.0919. The van der Waals surface area contributed by atoms with Gasteiger partial charge in [-0.3, -0.25) is 0 Å². The summed E-state index contributed by atoms with van der Waals surface area (Å²) < 4.78 is 0. The molecule has 0 radical (unpaired) electrons. The molecule has 0 saturated carbocycles. The Balaban J connectivity index is 1.25. The number of H-pyrrole nitrogens is 1. The average Bonchev–Trinajstić information content (AvgIpc) is 3.46. The van der Waals surface area contributed by atoms with E-state index in [4.69, 9.17) is 0 Å². The molecule has 0 aliphatic carbocycles. The van der Waals surface area contributed by atoms with Crippen molar-refractivity contribution in [3.8, 4) is 11.8 Å². The van der Waals surface area contributed by atoms with Crippen molar-refractivity contribution in [1.82, 2.24) is 10.3 Å². The van der Waals surface area contributed by atoms with Gasteiger partial charge in [0.1, 0.15) is 0 Å². The maximum atomic E-state index is 4.64. The zero-order valence-electron chi connectivity index (χ0n) is 27.2. The van der Waals surface area contributed by atoms with Crippen molar-refractivity contribution in [2.75, 3.05) is 11.4 Å². The topological polar surface area (TPSA) is 31.1 Å². The number of aryl methyl sites for hydroxylation is 2. The summed E-state index contributed by atoms with van der Waals surface area (Å²) in [6.45, 7) is 18.7. The molecule has 3 nitrogen and oxygen atoms in total. The molecular weight excluding hydrogens is 546 g/mol. The van der Waals surface area contributed by atoms with Crippen LogP contribution >= 0.6 is 0 Å². The van der Waals surface area contributed by atoms with Crippen LogP contribution < -0.4 is 10.2 Å². The molecule has 0 saturated heterocycles. The first-order valence-electron chi connectivity index (χ1n) is 16.0. The van der Waals surface area contributed by atoms with E-state index in [0.29, 0.717) is 0 Å². The zero-order valence-corrected chi connectivity index (χ0v) is 27.2. The number of nitrogens with zero attached hydrogens (tertiary/aromatic N) is 1. The van der Waals surface area contributed by atoms with Gasteiger partial charge in [0.25, 0.3) is 0 Å². The number of hydrogen-bond acceptors (Lipinski definition) is 2. The number of hydrogen-bond donors (Lipinski definition) is 2. The second-order valence-electron chi connectivity index (χ2n) is 12.0. The molecule has 45 heavy (non-hydrogen) atoms. The van der Waals surface area contributed by atoms with E-state index in [1.807, 2.05) is 30.3 Å². The summed E-state index contributed by atoms with van der Waals surface area (Å²) in [6, 6.07) is 34.2. The van der Waals surface area contributed by atoms with Crippen LogP contribution in [0.25, 0.3) is 10.9 Å². The van der Waals surface area contributed by atoms with Crippen molar-refractivity contribution in [2.24, 2.45) is 5.92 Å². The van der Waals surface area contributed by atoms with Crippen LogP contribution in [0.3, 0.4) is 0 Å². The minimum absolute atomic E-state index is 0.0919. The minimum Gasteiger partial charge on any atom is -0.388 e. The predicted molar refractivity (Wildman–Crippen MR) is 192 cm³/mol. The van der Waals surface area contributed by atoms with E-state index in [0.717, 1.165) is 54.0 Å². The standard InChI is InChI=1S/C42H45N3/c1-7-35-20-23-41-39(29-44-42(41)28-35)24-25-43-32(4)27-31(3)33(5)45(40-15-11-12-30(2)26-40)34(6)38-21-18-37(19-22-38)17-16-36-13-9-8-10-14-36/h8-15,18-23,26,28-29,31,34,43-44H,4-5,7,24-25,27H2,1-3,6H3. The lowest BCUT2D eigenvalue weighted by molar-refractivity contribution is 0.581. The first-order chi connectivity index (χ1) is 21.8. The number of anilines is 1.